The number of terminal acetylenes is 1. The average molecular weight is 276 g/mol. The van der Waals surface area contributed by atoms with Gasteiger partial charge in [0.05, 0.1) is 19.8 Å². The highest BCUT2D eigenvalue weighted by Crippen LogP contribution is 2.41. The van der Waals surface area contributed by atoms with Gasteiger partial charge in [0.1, 0.15) is 0 Å². The zero-order valence-electron chi connectivity index (χ0n) is 12.9. The van der Waals surface area contributed by atoms with Crippen LogP contribution in [0.1, 0.15) is 33.3 Å². The molecular weight excluding hydrogens is 252 g/mol. The first kappa shape index (κ1) is 16.2. The molecule has 0 fully saturated rings. The van der Waals surface area contributed by atoms with Gasteiger partial charge in [-0.1, -0.05) is 13.0 Å². The third kappa shape index (κ3) is 4.09. The molecule has 0 N–H and O–H groups in total. The van der Waals surface area contributed by atoms with Gasteiger partial charge in [-0.3, -0.25) is 0 Å². The summed E-state index contributed by atoms with van der Waals surface area (Å²) in [5, 5.41) is 0. The van der Waals surface area contributed by atoms with Crippen LogP contribution in [-0.4, -0.2) is 19.8 Å². The minimum absolute atomic E-state index is 0.154. The molecule has 0 amide bonds. The zero-order valence-corrected chi connectivity index (χ0v) is 12.9. The van der Waals surface area contributed by atoms with Crippen LogP contribution in [0.3, 0.4) is 0 Å². The Kier molecular flexibility index (Phi) is 6.79. The lowest BCUT2D eigenvalue weighted by atomic mass is 10.0. The number of rotatable bonds is 8. The van der Waals surface area contributed by atoms with Gasteiger partial charge in [-0.05, 0) is 38.8 Å². The molecule has 110 valence electrons. The molecule has 3 nitrogen and oxygen atoms in total. The maximum Gasteiger partial charge on any atom is 0.203 e. The van der Waals surface area contributed by atoms with E-state index >= 15 is 0 Å². The predicted octanol–water partition coefficient (Wildman–Crippen LogP) is 3.69. The molecule has 0 aliphatic carbocycles. The monoisotopic (exact) mass is 276 g/mol. The fraction of sp³-hybridized carbons (Fsp3) is 0.529. The van der Waals surface area contributed by atoms with Gasteiger partial charge in [-0.25, -0.2) is 0 Å². The summed E-state index contributed by atoms with van der Waals surface area (Å²) >= 11 is 0. The SMILES string of the molecule is C#CC(C)Cc1ccc(OCC)c(OCC)c1OCC. The number of ether oxygens (including phenoxy) is 3. The third-order valence-corrected chi connectivity index (χ3v) is 2.85. The van der Waals surface area contributed by atoms with E-state index in [1.165, 1.54) is 0 Å². The average Bonchev–Trinajstić information content (AvgIpc) is 2.45. The fourth-order valence-corrected chi connectivity index (χ4v) is 1.99. The van der Waals surface area contributed by atoms with Crippen LogP contribution in [0.5, 0.6) is 17.2 Å². The predicted molar refractivity (Wildman–Crippen MR) is 81.7 cm³/mol. The minimum Gasteiger partial charge on any atom is -0.490 e. The van der Waals surface area contributed by atoms with Gasteiger partial charge < -0.3 is 14.2 Å². The van der Waals surface area contributed by atoms with Crippen molar-refractivity contribution < 1.29 is 14.2 Å². The Morgan fingerprint density at radius 3 is 2.15 bits per heavy atom. The first-order valence-electron chi connectivity index (χ1n) is 7.18. The smallest absolute Gasteiger partial charge is 0.203 e. The topological polar surface area (TPSA) is 27.7 Å². The molecule has 0 heterocycles. The van der Waals surface area contributed by atoms with Crippen LogP contribution in [0.15, 0.2) is 12.1 Å². The fourth-order valence-electron chi connectivity index (χ4n) is 1.99. The molecule has 1 aromatic carbocycles. The lowest BCUT2D eigenvalue weighted by molar-refractivity contribution is 0.259. The van der Waals surface area contributed by atoms with Crippen molar-refractivity contribution in [3.05, 3.63) is 17.7 Å². The maximum absolute atomic E-state index is 5.78. The molecule has 1 rings (SSSR count). The molecular formula is C17H24O3. The van der Waals surface area contributed by atoms with E-state index in [9.17, 15) is 0 Å². The van der Waals surface area contributed by atoms with E-state index in [2.05, 4.69) is 5.92 Å². The van der Waals surface area contributed by atoms with E-state index in [0.29, 0.717) is 25.6 Å². The Labute approximate surface area is 122 Å². The quantitative estimate of drug-likeness (QED) is 0.678. The molecule has 0 bridgehead atoms. The van der Waals surface area contributed by atoms with E-state index in [1.54, 1.807) is 0 Å². The lowest BCUT2D eigenvalue weighted by Crippen LogP contribution is -2.06. The van der Waals surface area contributed by atoms with Crippen molar-refractivity contribution in [1.82, 2.24) is 0 Å². The summed E-state index contributed by atoms with van der Waals surface area (Å²) in [5.74, 6) is 5.05. The Morgan fingerprint density at radius 1 is 1.00 bits per heavy atom. The van der Waals surface area contributed by atoms with Crippen LogP contribution in [0.25, 0.3) is 0 Å². The van der Waals surface area contributed by atoms with Crippen LogP contribution in [0.4, 0.5) is 0 Å². The van der Waals surface area contributed by atoms with Crippen molar-refractivity contribution in [2.24, 2.45) is 5.92 Å². The van der Waals surface area contributed by atoms with Crippen molar-refractivity contribution in [3.63, 3.8) is 0 Å². The molecule has 0 saturated carbocycles. The Hall–Kier alpha value is -1.82. The van der Waals surface area contributed by atoms with E-state index in [0.717, 1.165) is 23.5 Å². The third-order valence-electron chi connectivity index (χ3n) is 2.85. The standard InChI is InChI=1S/C17H24O3/c1-6-13(5)12-14-10-11-15(18-7-2)17(20-9-4)16(14)19-8-3/h1,10-11,13H,7-9,12H2,2-5H3. The van der Waals surface area contributed by atoms with Crippen molar-refractivity contribution in [2.75, 3.05) is 19.8 Å². The molecule has 0 aliphatic heterocycles. The maximum atomic E-state index is 5.78. The van der Waals surface area contributed by atoms with Gasteiger partial charge in [0.2, 0.25) is 5.75 Å². The van der Waals surface area contributed by atoms with Crippen LogP contribution in [-0.2, 0) is 6.42 Å². The first-order valence-corrected chi connectivity index (χ1v) is 7.18. The highest BCUT2D eigenvalue weighted by molar-refractivity contribution is 5.56. The summed E-state index contributed by atoms with van der Waals surface area (Å²) in [6.07, 6.45) is 6.23. The van der Waals surface area contributed by atoms with E-state index < -0.39 is 0 Å². The van der Waals surface area contributed by atoms with Gasteiger partial charge >= 0.3 is 0 Å². The van der Waals surface area contributed by atoms with Gasteiger partial charge in [0, 0.05) is 5.92 Å². The second kappa shape index (κ2) is 8.37. The first-order chi connectivity index (χ1) is 9.67. The normalized spacial score (nSPS) is 11.6. The molecule has 0 aromatic heterocycles. The Morgan fingerprint density at radius 2 is 1.60 bits per heavy atom. The largest absolute Gasteiger partial charge is 0.490 e. The summed E-state index contributed by atoms with van der Waals surface area (Å²) in [6.45, 7) is 9.60. The van der Waals surface area contributed by atoms with Gasteiger partial charge in [0.25, 0.3) is 0 Å². The molecule has 0 aliphatic rings. The van der Waals surface area contributed by atoms with Gasteiger partial charge in [0.15, 0.2) is 11.5 Å². The van der Waals surface area contributed by atoms with Gasteiger partial charge in [-0.2, -0.15) is 0 Å². The van der Waals surface area contributed by atoms with Crippen molar-refractivity contribution in [2.45, 2.75) is 34.1 Å². The Bertz CT molecular complexity index is 460. The van der Waals surface area contributed by atoms with Crippen LogP contribution in [0, 0.1) is 18.3 Å². The molecule has 1 aromatic rings. The highest BCUT2D eigenvalue weighted by atomic mass is 16.5. The number of benzene rings is 1. The second-order valence-electron chi connectivity index (χ2n) is 4.45. The molecule has 20 heavy (non-hydrogen) atoms. The molecule has 0 saturated heterocycles. The summed E-state index contributed by atoms with van der Waals surface area (Å²) in [6, 6.07) is 3.93. The zero-order chi connectivity index (χ0) is 15.0. The van der Waals surface area contributed by atoms with E-state index in [4.69, 9.17) is 20.6 Å². The summed E-state index contributed by atoms with van der Waals surface area (Å²) in [4.78, 5) is 0. The molecule has 1 atom stereocenters. The second-order valence-corrected chi connectivity index (χ2v) is 4.45. The van der Waals surface area contributed by atoms with E-state index in [1.807, 2.05) is 39.8 Å². The van der Waals surface area contributed by atoms with Crippen LogP contribution >= 0.6 is 0 Å². The molecule has 3 heteroatoms. The van der Waals surface area contributed by atoms with E-state index in [-0.39, 0.29) is 5.92 Å². The molecule has 0 radical (unpaired) electrons. The number of hydrogen-bond acceptors (Lipinski definition) is 3. The van der Waals surface area contributed by atoms with Gasteiger partial charge in [-0.15, -0.1) is 12.3 Å². The lowest BCUT2D eigenvalue weighted by Gasteiger charge is -2.19. The highest BCUT2D eigenvalue weighted by Gasteiger charge is 2.18. The van der Waals surface area contributed by atoms with Crippen LogP contribution in [0.2, 0.25) is 0 Å². The van der Waals surface area contributed by atoms with Crippen molar-refractivity contribution in [1.29, 1.82) is 0 Å². The summed E-state index contributed by atoms with van der Waals surface area (Å²) < 4.78 is 17.1. The Balaban J connectivity index is 3.23. The minimum atomic E-state index is 0.154. The summed E-state index contributed by atoms with van der Waals surface area (Å²) in [7, 11) is 0. The molecule has 1 unspecified atom stereocenters. The summed E-state index contributed by atoms with van der Waals surface area (Å²) in [5.41, 5.74) is 1.06. The number of hydrogen-bond donors (Lipinski definition) is 0. The van der Waals surface area contributed by atoms with Crippen molar-refractivity contribution >= 4 is 0 Å². The molecule has 0 spiro atoms. The van der Waals surface area contributed by atoms with Crippen LogP contribution < -0.4 is 14.2 Å². The van der Waals surface area contributed by atoms with Crippen molar-refractivity contribution in [3.8, 4) is 29.6 Å².